The summed E-state index contributed by atoms with van der Waals surface area (Å²) >= 11 is 0. The van der Waals surface area contributed by atoms with Crippen molar-refractivity contribution in [2.45, 2.75) is 20.0 Å². The Hall–Kier alpha value is -2.14. The summed E-state index contributed by atoms with van der Waals surface area (Å²) in [5, 5.41) is 16.3. The maximum absolute atomic E-state index is 11.0. The third kappa shape index (κ3) is 3.20. The molecule has 2 aromatic rings. The number of nitrogens with one attached hydrogen (secondary N) is 1. The van der Waals surface area contributed by atoms with E-state index in [0.29, 0.717) is 18.8 Å². The molecule has 0 aliphatic rings. The second-order valence-corrected chi connectivity index (χ2v) is 4.52. The molecule has 0 unspecified atom stereocenters. The van der Waals surface area contributed by atoms with Gasteiger partial charge in [0.1, 0.15) is 5.56 Å². The van der Waals surface area contributed by atoms with Gasteiger partial charge in [0.05, 0.1) is 11.9 Å². The predicted octanol–water partition coefficient (Wildman–Crippen LogP) is 1.72. The first-order valence-electron chi connectivity index (χ1n) is 6.08. The van der Waals surface area contributed by atoms with Crippen LogP contribution in [0.15, 0.2) is 30.5 Å². The van der Waals surface area contributed by atoms with Crippen molar-refractivity contribution in [2.75, 3.05) is 0 Å². The van der Waals surface area contributed by atoms with Crippen LogP contribution in [0.5, 0.6) is 0 Å². The molecular formula is C14H17N3O2. The quantitative estimate of drug-likeness (QED) is 0.858. The molecule has 0 bridgehead atoms. The predicted molar refractivity (Wildman–Crippen MR) is 71.9 cm³/mol. The van der Waals surface area contributed by atoms with Crippen LogP contribution >= 0.6 is 0 Å². The lowest BCUT2D eigenvalue weighted by molar-refractivity contribution is 0.0695. The molecule has 0 radical (unpaired) electrons. The Morgan fingerprint density at radius 3 is 2.63 bits per heavy atom. The van der Waals surface area contributed by atoms with Gasteiger partial charge >= 0.3 is 5.97 Å². The highest BCUT2D eigenvalue weighted by molar-refractivity contribution is 5.88. The fraction of sp³-hybridized carbons (Fsp3) is 0.286. The van der Waals surface area contributed by atoms with Gasteiger partial charge in [0.15, 0.2) is 0 Å². The van der Waals surface area contributed by atoms with Gasteiger partial charge in [-0.2, -0.15) is 5.10 Å². The zero-order chi connectivity index (χ0) is 13.8. The highest BCUT2D eigenvalue weighted by Crippen LogP contribution is 2.08. The molecule has 0 aliphatic carbocycles. The Kier molecular flexibility index (Phi) is 3.97. The third-order valence-electron chi connectivity index (χ3n) is 3.03. The lowest BCUT2D eigenvalue weighted by Gasteiger charge is -2.07. The van der Waals surface area contributed by atoms with Gasteiger partial charge in [0.25, 0.3) is 0 Å². The zero-order valence-electron chi connectivity index (χ0n) is 11.1. The second kappa shape index (κ2) is 5.67. The summed E-state index contributed by atoms with van der Waals surface area (Å²) in [4.78, 5) is 11.0. The molecule has 0 aliphatic heterocycles. The van der Waals surface area contributed by atoms with Crippen molar-refractivity contribution in [3.05, 3.63) is 52.8 Å². The highest BCUT2D eigenvalue weighted by Gasteiger charge is 2.14. The Morgan fingerprint density at radius 1 is 1.32 bits per heavy atom. The topological polar surface area (TPSA) is 67.2 Å². The number of carboxylic acids is 1. The van der Waals surface area contributed by atoms with Gasteiger partial charge in [0.2, 0.25) is 0 Å². The van der Waals surface area contributed by atoms with Crippen LogP contribution in [0.1, 0.15) is 27.2 Å². The molecule has 100 valence electrons. The molecule has 0 fully saturated rings. The zero-order valence-corrected chi connectivity index (χ0v) is 11.1. The molecule has 5 nitrogen and oxygen atoms in total. The van der Waals surface area contributed by atoms with Gasteiger partial charge in [-0.1, -0.05) is 29.8 Å². The summed E-state index contributed by atoms with van der Waals surface area (Å²) < 4.78 is 1.59. The van der Waals surface area contributed by atoms with Crippen LogP contribution in [-0.2, 0) is 20.1 Å². The summed E-state index contributed by atoms with van der Waals surface area (Å²) in [6, 6.07) is 8.24. The average molecular weight is 259 g/mol. The van der Waals surface area contributed by atoms with E-state index in [-0.39, 0.29) is 5.56 Å². The molecule has 19 heavy (non-hydrogen) atoms. The highest BCUT2D eigenvalue weighted by atomic mass is 16.4. The number of aryl methyl sites for hydroxylation is 2. The average Bonchev–Trinajstić information content (AvgIpc) is 2.74. The van der Waals surface area contributed by atoms with Crippen molar-refractivity contribution in [1.82, 2.24) is 15.1 Å². The summed E-state index contributed by atoms with van der Waals surface area (Å²) in [5.74, 6) is -0.944. The first kappa shape index (κ1) is 13.3. The van der Waals surface area contributed by atoms with E-state index in [1.54, 1.807) is 11.7 Å². The number of hydrogen-bond donors (Lipinski definition) is 2. The van der Waals surface area contributed by atoms with E-state index < -0.39 is 5.97 Å². The molecule has 1 aromatic heterocycles. The Labute approximate surface area is 111 Å². The molecule has 2 N–H and O–H groups in total. The van der Waals surface area contributed by atoms with E-state index in [4.69, 9.17) is 5.11 Å². The van der Waals surface area contributed by atoms with Crippen LogP contribution in [0.4, 0.5) is 0 Å². The maximum atomic E-state index is 11.0. The van der Waals surface area contributed by atoms with Crippen LogP contribution in [0.25, 0.3) is 0 Å². The van der Waals surface area contributed by atoms with Crippen molar-refractivity contribution < 1.29 is 9.90 Å². The van der Waals surface area contributed by atoms with E-state index >= 15 is 0 Å². The Bertz CT molecular complexity index is 573. The summed E-state index contributed by atoms with van der Waals surface area (Å²) in [6.07, 6.45) is 1.38. The van der Waals surface area contributed by atoms with Crippen LogP contribution in [0.3, 0.4) is 0 Å². The van der Waals surface area contributed by atoms with E-state index in [1.807, 2.05) is 6.92 Å². The van der Waals surface area contributed by atoms with Crippen LogP contribution in [0, 0.1) is 6.92 Å². The molecule has 5 heteroatoms. The molecule has 2 rings (SSSR count). The van der Waals surface area contributed by atoms with E-state index in [1.165, 1.54) is 17.3 Å². The molecule has 1 aromatic carbocycles. The number of aromatic nitrogens is 2. The van der Waals surface area contributed by atoms with Crippen LogP contribution in [0.2, 0.25) is 0 Å². The van der Waals surface area contributed by atoms with Gasteiger partial charge in [-0.15, -0.1) is 0 Å². The van der Waals surface area contributed by atoms with Crippen molar-refractivity contribution >= 4 is 5.97 Å². The van der Waals surface area contributed by atoms with Gasteiger partial charge in [-0.25, -0.2) is 4.79 Å². The molecule has 0 atom stereocenters. The van der Waals surface area contributed by atoms with Gasteiger partial charge < -0.3 is 10.4 Å². The summed E-state index contributed by atoms with van der Waals surface area (Å²) in [6.45, 7) is 3.22. The normalized spacial score (nSPS) is 10.6. The SMILES string of the molecule is Cc1ccc(CNCc2c(C(=O)O)cnn2C)cc1. The number of carboxylic acid groups (broad SMARTS) is 1. The van der Waals surface area contributed by atoms with Crippen molar-refractivity contribution in [2.24, 2.45) is 7.05 Å². The van der Waals surface area contributed by atoms with E-state index in [0.717, 1.165) is 0 Å². The monoisotopic (exact) mass is 259 g/mol. The number of rotatable bonds is 5. The minimum Gasteiger partial charge on any atom is -0.478 e. The second-order valence-electron chi connectivity index (χ2n) is 4.52. The number of hydrogen-bond acceptors (Lipinski definition) is 3. The van der Waals surface area contributed by atoms with E-state index in [9.17, 15) is 4.79 Å². The third-order valence-corrected chi connectivity index (χ3v) is 3.03. The number of nitrogens with zero attached hydrogens (tertiary/aromatic N) is 2. The first-order valence-corrected chi connectivity index (χ1v) is 6.08. The number of aromatic carboxylic acids is 1. The molecule has 0 saturated carbocycles. The fourth-order valence-electron chi connectivity index (χ4n) is 1.88. The lowest BCUT2D eigenvalue weighted by Crippen LogP contribution is -2.17. The van der Waals surface area contributed by atoms with Gasteiger partial charge in [-0.05, 0) is 12.5 Å². The Balaban J connectivity index is 1.97. The smallest absolute Gasteiger partial charge is 0.339 e. The number of carbonyl (C=O) groups is 1. The van der Waals surface area contributed by atoms with Crippen LogP contribution in [-0.4, -0.2) is 20.9 Å². The van der Waals surface area contributed by atoms with Gasteiger partial charge in [-0.3, -0.25) is 4.68 Å². The number of benzene rings is 1. The molecule has 0 saturated heterocycles. The van der Waals surface area contributed by atoms with E-state index in [2.05, 4.69) is 34.7 Å². The van der Waals surface area contributed by atoms with Gasteiger partial charge in [0, 0.05) is 20.1 Å². The standard InChI is InChI=1S/C14H17N3O2/c1-10-3-5-11(6-4-10)7-15-9-13-12(14(18)19)8-16-17(13)2/h3-6,8,15H,7,9H2,1-2H3,(H,18,19). The van der Waals surface area contributed by atoms with Crippen molar-refractivity contribution in [1.29, 1.82) is 0 Å². The first-order chi connectivity index (χ1) is 9.08. The minimum atomic E-state index is -0.944. The van der Waals surface area contributed by atoms with Crippen molar-refractivity contribution in [3.8, 4) is 0 Å². The maximum Gasteiger partial charge on any atom is 0.339 e. The minimum absolute atomic E-state index is 0.249. The largest absolute Gasteiger partial charge is 0.478 e. The molecule has 0 spiro atoms. The molecular weight excluding hydrogens is 242 g/mol. The fourth-order valence-corrected chi connectivity index (χ4v) is 1.88. The lowest BCUT2D eigenvalue weighted by atomic mass is 10.1. The van der Waals surface area contributed by atoms with Crippen molar-refractivity contribution in [3.63, 3.8) is 0 Å². The van der Waals surface area contributed by atoms with Crippen LogP contribution < -0.4 is 5.32 Å². The molecule has 1 heterocycles. The Morgan fingerprint density at radius 2 is 2.00 bits per heavy atom. The summed E-state index contributed by atoms with van der Waals surface area (Å²) in [5.41, 5.74) is 3.33. The summed E-state index contributed by atoms with van der Waals surface area (Å²) in [7, 11) is 1.75. The molecule has 0 amide bonds.